The Labute approximate surface area is 162 Å². The van der Waals surface area contributed by atoms with Crippen molar-refractivity contribution in [1.82, 2.24) is 0 Å². The van der Waals surface area contributed by atoms with Crippen LogP contribution in [-0.2, 0) is 19.1 Å². The molecular weight excluding hydrogens is 340 g/mol. The average molecular weight is 373 g/mol. The van der Waals surface area contributed by atoms with E-state index in [1.54, 1.807) is 0 Å². The van der Waals surface area contributed by atoms with Gasteiger partial charge in [-0.05, 0) is 68.1 Å². The molecular formula is C23H32O4. The van der Waals surface area contributed by atoms with E-state index in [0.29, 0.717) is 30.1 Å². The molecule has 5 rings (SSSR count). The van der Waals surface area contributed by atoms with Gasteiger partial charge in [0.2, 0.25) is 0 Å². The highest BCUT2D eigenvalue weighted by atomic mass is 16.5. The monoisotopic (exact) mass is 372 g/mol. The third-order valence-electron chi connectivity index (χ3n) is 9.41. The molecule has 1 heterocycles. The lowest BCUT2D eigenvalue weighted by Crippen LogP contribution is -2.65. The van der Waals surface area contributed by atoms with Gasteiger partial charge in [-0.1, -0.05) is 25.5 Å². The van der Waals surface area contributed by atoms with Crippen LogP contribution in [0.1, 0.15) is 72.1 Å². The second-order valence-electron chi connectivity index (χ2n) is 10.3. The molecule has 4 fully saturated rings. The van der Waals surface area contributed by atoms with E-state index in [9.17, 15) is 9.59 Å². The number of esters is 1. The van der Waals surface area contributed by atoms with E-state index in [2.05, 4.69) is 19.9 Å². The Balaban J connectivity index is 1.42. The highest BCUT2D eigenvalue weighted by molar-refractivity contribution is 5.94. The van der Waals surface area contributed by atoms with E-state index < -0.39 is 5.60 Å². The molecule has 4 aliphatic carbocycles. The van der Waals surface area contributed by atoms with Gasteiger partial charge in [0.1, 0.15) is 18.3 Å². The molecule has 4 heteroatoms. The van der Waals surface area contributed by atoms with Gasteiger partial charge >= 0.3 is 5.97 Å². The van der Waals surface area contributed by atoms with Crippen molar-refractivity contribution in [2.45, 2.75) is 83.8 Å². The van der Waals surface area contributed by atoms with E-state index in [1.165, 1.54) is 18.9 Å². The summed E-state index contributed by atoms with van der Waals surface area (Å²) >= 11 is 0. The maximum Gasteiger partial charge on any atom is 0.302 e. The molecule has 0 bridgehead atoms. The van der Waals surface area contributed by atoms with Gasteiger partial charge in [0.25, 0.3) is 0 Å². The molecule has 0 aromatic carbocycles. The number of ketones is 1. The number of hydrogen-bond donors (Lipinski definition) is 0. The normalized spacial score (nSPS) is 50.9. The first-order valence-corrected chi connectivity index (χ1v) is 10.8. The summed E-state index contributed by atoms with van der Waals surface area (Å²) in [6.45, 7) is 6.64. The maximum absolute atomic E-state index is 12.5. The Morgan fingerprint density at radius 2 is 1.93 bits per heavy atom. The predicted octanol–water partition coefficient (Wildman–Crippen LogP) is 4.22. The fraction of sp³-hybridized carbons (Fsp3) is 0.826. The first-order valence-electron chi connectivity index (χ1n) is 10.8. The SMILES string of the molecule is CC(=O)OC1CCC2(C)C(=CCC3C2CCC2(C)C3CCC23OCC3=O)C1. The third kappa shape index (κ3) is 2.19. The second kappa shape index (κ2) is 5.68. The van der Waals surface area contributed by atoms with Gasteiger partial charge in [0, 0.05) is 18.8 Å². The van der Waals surface area contributed by atoms with Crippen molar-refractivity contribution in [3.63, 3.8) is 0 Å². The van der Waals surface area contributed by atoms with Crippen molar-refractivity contribution in [3.05, 3.63) is 11.6 Å². The lowest BCUT2D eigenvalue weighted by molar-refractivity contribution is -0.214. The van der Waals surface area contributed by atoms with Gasteiger partial charge in [-0.25, -0.2) is 0 Å². The summed E-state index contributed by atoms with van der Waals surface area (Å²) in [6.07, 6.45) is 11.0. The lowest BCUT2D eigenvalue weighted by Gasteiger charge is -2.60. The molecule has 27 heavy (non-hydrogen) atoms. The lowest BCUT2D eigenvalue weighted by atomic mass is 9.46. The zero-order valence-corrected chi connectivity index (χ0v) is 16.9. The number of rotatable bonds is 1. The number of hydrogen-bond acceptors (Lipinski definition) is 4. The van der Waals surface area contributed by atoms with Crippen LogP contribution in [0, 0.1) is 28.6 Å². The minimum absolute atomic E-state index is 0.0279. The Morgan fingerprint density at radius 1 is 1.15 bits per heavy atom. The average Bonchev–Trinajstić information content (AvgIpc) is 2.95. The van der Waals surface area contributed by atoms with Gasteiger partial charge in [-0.15, -0.1) is 0 Å². The molecule has 7 atom stereocenters. The van der Waals surface area contributed by atoms with Crippen molar-refractivity contribution in [3.8, 4) is 0 Å². The van der Waals surface area contributed by atoms with E-state index in [1.807, 2.05) is 0 Å². The molecule has 1 spiro atoms. The number of carbonyl (C=O) groups is 2. The maximum atomic E-state index is 12.5. The summed E-state index contributed by atoms with van der Waals surface area (Å²) < 4.78 is 11.5. The Kier molecular flexibility index (Phi) is 3.77. The number of allylic oxidation sites excluding steroid dienone is 1. The Morgan fingerprint density at radius 3 is 2.59 bits per heavy atom. The summed E-state index contributed by atoms with van der Waals surface area (Å²) in [4.78, 5) is 23.9. The van der Waals surface area contributed by atoms with E-state index >= 15 is 0 Å². The largest absolute Gasteiger partial charge is 0.462 e. The molecule has 0 amide bonds. The van der Waals surface area contributed by atoms with Crippen molar-refractivity contribution >= 4 is 11.8 Å². The van der Waals surface area contributed by atoms with Gasteiger partial charge in [-0.2, -0.15) is 0 Å². The molecule has 148 valence electrons. The smallest absolute Gasteiger partial charge is 0.302 e. The van der Waals surface area contributed by atoms with Crippen LogP contribution in [0.25, 0.3) is 0 Å². The predicted molar refractivity (Wildman–Crippen MR) is 101 cm³/mol. The number of ether oxygens (including phenoxy) is 2. The minimum atomic E-state index is -0.458. The zero-order valence-electron chi connectivity index (χ0n) is 16.9. The minimum Gasteiger partial charge on any atom is -0.462 e. The van der Waals surface area contributed by atoms with Crippen LogP contribution >= 0.6 is 0 Å². The molecule has 0 N–H and O–H groups in total. The fourth-order valence-electron chi connectivity index (χ4n) is 7.96. The van der Waals surface area contributed by atoms with Gasteiger partial charge in [-0.3, -0.25) is 9.59 Å². The van der Waals surface area contributed by atoms with Crippen molar-refractivity contribution in [2.75, 3.05) is 6.61 Å². The van der Waals surface area contributed by atoms with Crippen LogP contribution in [0.5, 0.6) is 0 Å². The number of carbonyl (C=O) groups excluding carboxylic acids is 2. The highest BCUT2D eigenvalue weighted by Gasteiger charge is 2.70. The Hall–Kier alpha value is -1.16. The topological polar surface area (TPSA) is 52.6 Å². The highest BCUT2D eigenvalue weighted by Crippen LogP contribution is 2.69. The molecule has 1 aliphatic heterocycles. The number of fused-ring (bicyclic) bond motifs is 6. The van der Waals surface area contributed by atoms with Gasteiger partial charge in [0.15, 0.2) is 5.78 Å². The first-order chi connectivity index (χ1) is 12.8. The summed E-state index contributed by atoms with van der Waals surface area (Å²) in [5.74, 6) is 2.15. The third-order valence-corrected chi connectivity index (χ3v) is 9.41. The van der Waals surface area contributed by atoms with Crippen LogP contribution in [0.2, 0.25) is 0 Å². The molecule has 5 aliphatic rings. The summed E-state index contributed by atoms with van der Waals surface area (Å²) in [6, 6.07) is 0. The zero-order chi connectivity index (χ0) is 19.0. The van der Waals surface area contributed by atoms with Crippen molar-refractivity contribution < 1.29 is 19.1 Å². The molecule has 0 aromatic rings. The van der Waals surface area contributed by atoms with Crippen molar-refractivity contribution in [2.24, 2.45) is 28.6 Å². The van der Waals surface area contributed by atoms with Crippen LogP contribution in [0.3, 0.4) is 0 Å². The summed E-state index contributed by atoms with van der Waals surface area (Å²) in [7, 11) is 0. The van der Waals surface area contributed by atoms with Crippen LogP contribution in [0.15, 0.2) is 11.6 Å². The van der Waals surface area contributed by atoms with Crippen LogP contribution in [-0.4, -0.2) is 30.1 Å². The Bertz CT molecular complexity index is 726. The van der Waals surface area contributed by atoms with Crippen LogP contribution in [0.4, 0.5) is 0 Å². The molecule has 1 saturated heterocycles. The van der Waals surface area contributed by atoms with E-state index in [0.717, 1.165) is 44.9 Å². The summed E-state index contributed by atoms with van der Waals surface area (Å²) in [5.41, 5.74) is 1.33. The van der Waals surface area contributed by atoms with E-state index in [-0.39, 0.29) is 22.9 Å². The molecule has 4 nitrogen and oxygen atoms in total. The molecule has 0 aromatic heterocycles. The van der Waals surface area contributed by atoms with Crippen LogP contribution < -0.4 is 0 Å². The van der Waals surface area contributed by atoms with E-state index in [4.69, 9.17) is 9.47 Å². The quantitative estimate of drug-likeness (QED) is 0.511. The second-order valence-corrected chi connectivity index (χ2v) is 10.3. The van der Waals surface area contributed by atoms with Gasteiger partial charge < -0.3 is 9.47 Å². The van der Waals surface area contributed by atoms with Crippen molar-refractivity contribution in [1.29, 1.82) is 0 Å². The fourth-order valence-corrected chi connectivity index (χ4v) is 7.96. The number of Topliss-reactive ketones (excluding diaryl/α,β-unsaturated/α-hetero) is 1. The molecule has 3 saturated carbocycles. The molecule has 0 radical (unpaired) electrons. The summed E-state index contributed by atoms with van der Waals surface area (Å²) in [5, 5.41) is 0. The first kappa shape index (κ1) is 17.9. The van der Waals surface area contributed by atoms with Gasteiger partial charge in [0.05, 0.1) is 0 Å². The molecule has 7 unspecified atom stereocenters. The standard InChI is InChI=1S/C23H32O4/c1-14(24)27-16-6-9-21(2)15(12-16)4-5-17-18(21)7-10-22(3)19(17)8-11-23(22)20(25)13-26-23/h4,16-19H,5-13H2,1-3H3.